The first-order valence-corrected chi connectivity index (χ1v) is 13.4. The van der Waals surface area contributed by atoms with Crippen LogP contribution in [-0.4, -0.2) is 23.9 Å². The molecule has 0 saturated heterocycles. The lowest BCUT2D eigenvalue weighted by atomic mass is 10.0. The van der Waals surface area contributed by atoms with E-state index in [1.54, 1.807) is 0 Å². The number of benzene rings is 4. The summed E-state index contributed by atoms with van der Waals surface area (Å²) >= 11 is 0. The molecule has 0 aliphatic rings. The summed E-state index contributed by atoms with van der Waals surface area (Å²) < 4.78 is 4.63. The van der Waals surface area contributed by atoms with E-state index in [0.29, 0.717) is 0 Å². The van der Waals surface area contributed by atoms with Crippen LogP contribution >= 0.6 is 0 Å². The van der Waals surface area contributed by atoms with E-state index in [0.717, 1.165) is 55.8 Å². The molecule has 0 radical (unpaired) electrons. The molecule has 0 saturated carbocycles. The molecule has 40 heavy (non-hydrogen) atoms. The number of fused-ring (bicyclic) bond motifs is 12. The van der Waals surface area contributed by atoms with Crippen LogP contribution in [-0.2, 0) is 0 Å². The van der Waals surface area contributed by atoms with Gasteiger partial charge in [-0.15, -0.1) is 0 Å². The third kappa shape index (κ3) is 2.83. The van der Waals surface area contributed by atoms with Gasteiger partial charge in [-0.05, 0) is 53.9 Å². The zero-order valence-electron chi connectivity index (χ0n) is 21.4. The Labute approximate surface area is 228 Å². The van der Waals surface area contributed by atoms with Gasteiger partial charge in [-0.3, -0.25) is 14.0 Å². The standard InChI is InChI=1S/C35H21N5/c1-2-12-25-23(11-1)33-31(39-30-17-6-4-14-28(30)38-35(25)39)20-19-24-22-10-3-5-16-29(22)40(34(24)33)32-18-9-15-27(37-32)26-13-7-8-21-36-26/h1-21H. The summed E-state index contributed by atoms with van der Waals surface area (Å²) in [5, 5.41) is 5.89. The maximum absolute atomic E-state index is 5.16. The average molecular weight is 512 g/mol. The Balaban J connectivity index is 1.52. The van der Waals surface area contributed by atoms with Crippen LogP contribution in [0.4, 0.5) is 0 Å². The van der Waals surface area contributed by atoms with Gasteiger partial charge in [0.2, 0.25) is 0 Å². The zero-order chi connectivity index (χ0) is 26.2. The quantitative estimate of drug-likeness (QED) is 0.219. The van der Waals surface area contributed by atoms with E-state index in [2.05, 4.69) is 111 Å². The highest BCUT2D eigenvalue weighted by Crippen LogP contribution is 2.41. The lowest BCUT2D eigenvalue weighted by Crippen LogP contribution is -2.00. The van der Waals surface area contributed by atoms with Gasteiger partial charge in [0.15, 0.2) is 0 Å². The van der Waals surface area contributed by atoms with Crippen molar-refractivity contribution in [3.8, 4) is 17.2 Å². The monoisotopic (exact) mass is 511 g/mol. The van der Waals surface area contributed by atoms with Crippen molar-refractivity contribution in [1.29, 1.82) is 0 Å². The Morgan fingerprint density at radius 1 is 0.475 bits per heavy atom. The highest BCUT2D eigenvalue weighted by atomic mass is 15.1. The van der Waals surface area contributed by atoms with E-state index in [4.69, 9.17) is 9.97 Å². The van der Waals surface area contributed by atoms with E-state index >= 15 is 0 Å². The van der Waals surface area contributed by atoms with Gasteiger partial charge in [0.1, 0.15) is 11.5 Å². The number of pyridine rings is 3. The van der Waals surface area contributed by atoms with Crippen molar-refractivity contribution in [2.24, 2.45) is 0 Å². The van der Waals surface area contributed by atoms with Gasteiger partial charge in [-0.2, -0.15) is 0 Å². The third-order valence-electron chi connectivity index (χ3n) is 7.94. The van der Waals surface area contributed by atoms with Gasteiger partial charge < -0.3 is 0 Å². The van der Waals surface area contributed by atoms with Crippen LogP contribution in [0.15, 0.2) is 128 Å². The van der Waals surface area contributed by atoms with E-state index < -0.39 is 0 Å². The Kier molecular flexibility index (Phi) is 4.27. The smallest absolute Gasteiger partial charge is 0.146 e. The molecule has 186 valence electrons. The minimum Gasteiger partial charge on any atom is -0.293 e. The van der Waals surface area contributed by atoms with Crippen LogP contribution in [0.1, 0.15) is 0 Å². The van der Waals surface area contributed by atoms with Crippen molar-refractivity contribution >= 4 is 60.2 Å². The van der Waals surface area contributed by atoms with Crippen LogP contribution in [0, 0.1) is 0 Å². The fourth-order valence-corrected chi connectivity index (χ4v) is 6.29. The average Bonchev–Trinajstić information content (AvgIpc) is 3.58. The number of para-hydroxylation sites is 3. The molecule has 0 amide bonds. The van der Waals surface area contributed by atoms with Gasteiger partial charge in [-0.25, -0.2) is 9.97 Å². The Morgan fingerprint density at radius 3 is 2.10 bits per heavy atom. The van der Waals surface area contributed by atoms with Gasteiger partial charge in [-0.1, -0.05) is 72.8 Å². The van der Waals surface area contributed by atoms with Crippen molar-refractivity contribution in [3.63, 3.8) is 0 Å². The summed E-state index contributed by atoms with van der Waals surface area (Å²) in [4.78, 5) is 14.8. The van der Waals surface area contributed by atoms with Crippen LogP contribution in [0.25, 0.3) is 77.4 Å². The Morgan fingerprint density at radius 2 is 1.23 bits per heavy atom. The van der Waals surface area contributed by atoms with Gasteiger partial charge in [0, 0.05) is 27.7 Å². The molecule has 0 aliphatic carbocycles. The maximum atomic E-state index is 5.16. The van der Waals surface area contributed by atoms with Crippen molar-refractivity contribution < 1.29 is 0 Å². The lowest BCUT2D eigenvalue weighted by molar-refractivity contribution is 1.08. The molecule has 0 bridgehead atoms. The minimum absolute atomic E-state index is 0.845. The second kappa shape index (κ2) is 7.98. The van der Waals surface area contributed by atoms with Gasteiger partial charge in [0.05, 0.1) is 39.0 Å². The second-order valence-corrected chi connectivity index (χ2v) is 10.1. The highest BCUT2D eigenvalue weighted by Gasteiger charge is 2.21. The maximum Gasteiger partial charge on any atom is 0.146 e. The van der Waals surface area contributed by atoms with E-state index in [1.165, 1.54) is 21.5 Å². The Bertz CT molecular complexity index is 2430. The SMILES string of the molecule is c1ccc(-c2cccc(-n3c4ccccc4c4ccc5c(c6ccccc6c6nc7ccccc7n56)c43)n2)nc1. The van der Waals surface area contributed by atoms with Crippen LogP contribution in [0.3, 0.4) is 0 Å². The van der Waals surface area contributed by atoms with Crippen LogP contribution in [0.2, 0.25) is 0 Å². The predicted molar refractivity (Wildman–Crippen MR) is 163 cm³/mol. The van der Waals surface area contributed by atoms with Crippen LogP contribution in [0.5, 0.6) is 0 Å². The molecule has 0 fully saturated rings. The van der Waals surface area contributed by atoms with E-state index in [9.17, 15) is 0 Å². The highest BCUT2D eigenvalue weighted by molar-refractivity contribution is 6.27. The second-order valence-electron chi connectivity index (χ2n) is 10.1. The first-order chi connectivity index (χ1) is 19.9. The summed E-state index contributed by atoms with van der Waals surface area (Å²) in [7, 11) is 0. The molecule has 5 nitrogen and oxygen atoms in total. The molecule has 0 spiro atoms. The van der Waals surface area contributed by atoms with Crippen molar-refractivity contribution in [2.75, 3.05) is 0 Å². The third-order valence-corrected chi connectivity index (χ3v) is 7.94. The molecule has 5 heteroatoms. The van der Waals surface area contributed by atoms with E-state index in [-0.39, 0.29) is 0 Å². The molecule has 0 aliphatic heterocycles. The molecule has 0 N–H and O–H groups in total. The molecule has 5 heterocycles. The summed E-state index contributed by atoms with van der Waals surface area (Å²) in [6, 6.07) is 42.2. The summed E-state index contributed by atoms with van der Waals surface area (Å²) in [6.45, 7) is 0. The van der Waals surface area contributed by atoms with Crippen molar-refractivity contribution in [3.05, 3.63) is 128 Å². The topological polar surface area (TPSA) is 48.0 Å². The number of hydrogen-bond donors (Lipinski definition) is 0. The number of aromatic nitrogens is 5. The van der Waals surface area contributed by atoms with Gasteiger partial charge in [0.25, 0.3) is 0 Å². The summed E-state index contributed by atoms with van der Waals surface area (Å²) in [5.74, 6) is 0.863. The molecule has 0 atom stereocenters. The molecule has 0 unspecified atom stereocenters. The number of nitrogens with zero attached hydrogens (tertiary/aromatic N) is 5. The molecular formula is C35H21N5. The molecule has 5 aromatic heterocycles. The van der Waals surface area contributed by atoms with Gasteiger partial charge >= 0.3 is 0 Å². The summed E-state index contributed by atoms with van der Waals surface area (Å²) in [5.41, 5.74) is 8.15. The number of imidazole rings is 1. The molecule has 9 aromatic rings. The number of hydrogen-bond acceptors (Lipinski definition) is 3. The fraction of sp³-hybridized carbons (Fsp3) is 0. The lowest BCUT2D eigenvalue weighted by Gasteiger charge is -2.14. The molecule has 9 rings (SSSR count). The first-order valence-electron chi connectivity index (χ1n) is 13.4. The molecular weight excluding hydrogens is 490 g/mol. The van der Waals surface area contributed by atoms with Crippen molar-refractivity contribution in [1.82, 2.24) is 23.9 Å². The number of rotatable bonds is 2. The minimum atomic E-state index is 0.845. The largest absolute Gasteiger partial charge is 0.293 e. The normalized spacial score (nSPS) is 12.0. The zero-order valence-corrected chi connectivity index (χ0v) is 21.4. The fourth-order valence-electron chi connectivity index (χ4n) is 6.29. The van der Waals surface area contributed by atoms with Crippen molar-refractivity contribution in [2.45, 2.75) is 0 Å². The van der Waals surface area contributed by atoms with Crippen LogP contribution < -0.4 is 0 Å². The van der Waals surface area contributed by atoms with E-state index in [1.807, 2.05) is 30.5 Å². The molecule has 4 aromatic carbocycles. The summed E-state index contributed by atoms with van der Waals surface area (Å²) in [6.07, 6.45) is 1.81. The first kappa shape index (κ1) is 21.4. The Hall–Kier alpha value is -5.55. The predicted octanol–water partition coefficient (Wildman–Crippen LogP) is 8.35.